The highest BCUT2D eigenvalue weighted by molar-refractivity contribution is 7.11. The van der Waals surface area contributed by atoms with Crippen LogP contribution in [0.1, 0.15) is 23.0 Å². The number of benzene rings is 1. The predicted molar refractivity (Wildman–Crippen MR) is 90.4 cm³/mol. The number of ether oxygens (including phenoxy) is 1. The molecule has 2 amide bonds. The Bertz CT molecular complexity index is 757. The summed E-state index contributed by atoms with van der Waals surface area (Å²) in [5, 5.41) is 22.6. The molecule has 1 aromatic carbocycles. The summed E-state index contributed by atoms with van der Waals surface area (Å²) in [7, 11) is 0. The number of aliphatic hydroxyl groups excluding tert-OH is 1. The van der Waals surface area contributed by atoms with Crippen molar-refractivity contribution in [1.82, 2.24) is 20.4 Å². The van der Waals surface area contributed by atoms with Crippen molar-refractivity contribution in [3.8, 4) is 5.75 Å². The van der Waals surface area contributed by atoms with E-state index in [4.69, 9.17) is 27.9 Å². The Labute approximate surface area is 152 Å². The van der Waals surface area contributed by atoms with Gasteiger partial charge in [-0.3, -0.25) is 4.90 Å². The second kappa shape index (κ2) is 7.10. The van der Waals surface area contributed by atoms with Crippen molar-refractivity contribution < 1.29 is 14.6 Å². The Kier molecular flexibility index (Phi) is 5.09. The van der Waals surface area contributed by atoms with E-state index in [-0.39, 0.29) is 25.2 Å². The van der Waals surface area contributed by atoms with Crippen LogP contribution in [-0.2, 0) is 6.54 Å². The minimum absolute atomic E-state index is 0.194. The number of carbonyl (C=O) groups excluding carboxylic acids is 1. The van der Waals surface area contributed by atoms with Crippen LogP contribution < -0.4 is 10.1 Å². The van der Waals surface area contributed by atoms with Crippen molar-refractivity contribution in [3.63, 3.8) is 0 Å². The van der Waals surface area contributed by atoms with Gasteiger partial charge in [-0.15, -0.1) is 10.2 Å². The molecule has 1 aromatic heterocycles. The summed E-state index contributed by atoms with van der Waals surface area (Å²) in [5.74, 6) is 0.500. The molecule has 2 heterocycles. The number of nitrogens with zero attached hydrogens (tertiary/aromatic N) is 3. The topological polar surface area (TPSA) is 87.6 Å². The second-order valence-corrected chi connectivity index (χ2v) is 7.10. The number of urea groups is 1. The van der Waals surface area contributed by atoms with E-state index < -0.39 is 6.23 Å². The monoisotopic (exact) mass is 388 g/mol. The summed E-state index contributed by atoms with van der Waals surface area (Å²) in [6.07, 6.45) is -1.22. The van der Waals surface area contributed by atoms with Crippen molar-refractivity contribution in [1.29, 1.82) is 0 Å². The molecule has 3 rings (SSSR count). The first-order chi connectivity index (χ1) is 11.4. The molecule has 7 nitrogen and oxygen atoms in total. The van der Waals surface area contributed by atoms with Crippen LogP contribution in [0.15, 0.2) is 18.2 Å². The summed E-state index contributed by atoms with van der Waals surface area (Å²) in [6, 6.07) is 4.66. The van der Waals surface area contributed by atoms with Crippen LogP contribution in [0.3, 0.4) is 0 Å². The third kappa shape index (κ3) is 3.72. The number of aromatic nitrogens is 2. The van der Waals surface area contributed by atoms with Crippen LogP contribution >= 0.6 is 34.5 Å². The van der Waals surface area contributed by atoms with Gasteiger partial charge in [-0.05, 0) is 25.1 Å². The SMILES string of the molecule is CC(Oc1ccc(Cl)cc1Cl)c1nnc(CN2C(=O)NCC2O)s1. The molecule has 1 aliphatic rings. The molecule has 2 aromatic rings. The molecule has 1 saturated heterocycles. The van der Waals surface area contributed by atoms with Gasteiger partial charge >= 0.3 is 6.03 Å². The summed E-state index contributed by atoms with van der Waals surface area (Å²) in [4.78, 5) is 12.9. The van der Waals surface area contributed by atoms with E-state index in [9.17, 15) is 9.90 Å². The number of hydrogen-bond donors (Lipinski definition) is 2. The van der Waals surface area contributed by atoms with E-state index in [1.54, 1.807) is 18.2 Å². The largest absolute Gasteiger partial charge is 0.482 e. The molecule has 2 N–H and O–H groups in total. The van der Waals surface area contributed by atoms with Crippen LogP contribution in [0, 0.1) is 0 Å². The number of aliphatic hydroxyl groups is 1. The number of β-amino-alcohol motifs (C(OH)–C–C–N with tert-alkyl or cyclic N) is 1. The average Bonchev–Trinajstić information content (AvgIpc) is 3.12. The first-order valence-electron chi connectivity index (χ1n) is 7.10. The van der Waals surface area contributed by atoms with Gasteiger partial charge in [-0.1, -0.05) is 34.5 Å². The molecule has 1 fully saturated rings. The van der Waals surface area contributed by atoms with E-state index in [1.807, 2.05) is 6.92 Å². The maximum Gasteiger partial charge on any atom is 0.320 e. The molecule has 0 radical (unpaired) electrons. The highest BCUT2D eigenvalue weighted by atomic mass is 35.5. The molecule has 24 heavy (non-hydrogen) atoms. The Hall–Kier alpha value is -1.61. The normalized spacial score (nSPS) is 18.6. The third-order valence-corrected chi connectivity index (χ3v) is 4.99. The molecule has 10 heteroatoms. The molecule has 1 aliphatic heterocycles. The number of rotatable bonds is 5. The first-order valence-corrected chi connectivity index (χ1v) is 8.68. The van der Waals surface area contributed by atoms with Gasteiger partial charge in [0.1, 0.15) is 23.1 Å². The lowest BCUT2D eigenvalue weighted by molar-refractivity contribution is 0.0600. The van der Waals surface area contributed by atoms with E-state index in [1.165, 1.54) is 16.2 Å². The molecule has 2 atom stereocenters. The van der Waals surface area contributed by atoms with E-state index in [0.717, 1.165) is 0 Å². The van der Waals surface area contributed by atoms with Crippen molar-refractivity contribution >= 4 is 40.6 Å². The van der Waals surface area contributed by atoms with Crippen molar-refractivity contribution in [2.45, 2.75) is 25.8 Å². The Morgan fingerprint density at radius 3 is 2.96 bits per heavy atom. The first kappa shape index (κ1) is 17.2. The molecule has 0 aliphatic carbocycles. The van der Waals surface area contributed by atoms with E-state index in [2.05, 4.69) is 15.5 Å². The van der Waals surface area contributed by atoms with Gasteiger partial charge in [-0.2, -0.15) is 0 Å². The fourth-order valence-electron chi connectivity index (χ4n) is 2.15. The van der Waals surface area contributed by atoms with Gasteiger partial charge in [0.05, 0.1) is 18.1 Å². The minimum Gasteiger partial charge on any atom is -0.482 e. The highest BCUT2D eigenvalue weighted by Crippen LogP contribution is 2.32. The smallest absolute Gasteiger partial charge is 0.320 e. The zero-order valence-electron chi connectivity index (χ0n) is 12.6. The number of carbonyl (C=O) groups is 1. The van der Waals surface area contributed by atoms with Gasteiger partial charge in [-0.25, -0.2) is 4.79 Å². The number of halogens is 2. The van der Waals surface area contributed by atoms with Crippen molar-refractivity contribution in [2.75, 3.05) is 6.54 Å². The standard InChI is InChI=1S/C14H14Cl2N4O3S/c1-7(23-10-3-2-8(15)4-9(10)16)13-19-18-11(24-13)6-20-12(21)5-17-14(20)22/h2-4,7,12,21H,5-6H2,1H3,(H,17,22). The van der Waals surface area contributed by atoms with Gasteiger partial charge in [0.2, 0.25) is 0 Å². The zero-order valence-corrected chi connectivity index (χ0v) is 14.9. The Morgan fingerprint density at radius 1 is 1.50 bits per heavy atom. The van der Waals surface area contributed by atoms with Crippen LogP contribution in [-0.4, -0.2) is 39.0 Å². The lowest BCUT2D eigenvalue weighted by Gasteiger charge is -2.16. The van der Waals surface area contributed by atoms with Gasteiger partial charge < -0.3 is 15.2 Å². The van der Waals surface area contributed by atoms with Gasteiger partial charge in [0, 0.05) is 5.02 Å². The molecule has 2 unspecified atom stereocenters. The third-order valence-electron chi connectivity index (χ3n) is 3.39. The summed E-state index contributed by atoms with van der Waals surface area (Å²) < 4.78 is 5.79. The van der Waals surface area contributed by atoms with Gasteiger partial charge in [0.25, 0.3) is 0 Å². The minimum atomic E-state index is -0.855. The summed E-state index contributed by atoms with van der Waals surface area (Å²) in [5.41, 5.74) is 0. The molecule has 0 spiro atoms. The lowest BCUT2D eigenvalue weighted by atomic mass is 10.3. The Balaban J connectivity index is 1.67. The fourth-order valence-corrected chi connectivity index (χ4v) is 3.43. The molecule has 128 valence electrons. The van der Waals surface area contributed by atoms with E-state index >= 15 is 0 Å². The molecule has 0 bridgehead atoms. The predicted octanol–water partition coefficient (Wildman–Crippen LogP) is 2.83. The maximum atomic E-state index is 11.6. The number of amides is 2. The van der Waals surface area contributed by atoms with Crippen LogP contribution in [0.5, 0.6) is 5.75 Å². The molecule has 0 saturated carbocycles. The van der Waals surface area contributed by atoms with Crippen LogP contribution in [0.25, 0.3) is 0 Å². The lowest BCUT2D eigenvalue weighted by Crippen LogP contribution is -2.33. The summed E-state index contributed by atoms with van der Waals surface area (Å²) in [6.45, 7) is 2.23. The quantitative estimate of drug-likeness (QED) is 0.821. The molecular weight excluding hydrogens is 375 g/mol. The van der Waals surface area contributed by atoms with Crippen molar-refractivity contribution in [2.24, 2.45) is 0 Å². The van der Waals surface area contributed by atoms with Crippen LogP contribution in [0.4, 0.5) is 4.79 Å². The van der Waals surface area contributed by atoms with Crippen molar-refractivity contribution in [3.05, 3.63) is 38.3 Å². The maximum absolute atomic E-state index is 11.6. The fraction of sp³-hybridized carbons (Fsp3) is 0.357. The van der Waals surface area contributed by atoms with Crippen LogP contribution in [0.2, 0.25) is 10.0 Å². The number of hydrogen-bond acceptors (Lipinski definition) is 6. The molecular formula is C14H14Cl2N4O3S. The summed E-state index contributed by atoms with van der Waals surface area (Å²) >= 11 is 13.3. The van der Waals surface area contributed by atoms with Gasteiger partial charge in [0.15, 0.2) is 5.01 Å². The highest BCUT2D eigenvalue weighted by Gasteiger charge is 2.30. The van der Waals surface area contributed by atoms with E-state index in [0.29, 0.717) is 25.8 Å². The second-order valence-electron chi connectivity index (χ2n) is 5.16. The number of nitrogens with one attached hydrogen (secondary N) is 1. The average molecular weight is 389 g/mol. The Morgan fingerprint density at radius 2 is 2.29 bits per heavy atom. The zero-order chi connectivity index (χ0) is 17.3.